The summed E-state index contributed by atoms with van der Waals surface area (Å²) < 4.78 is 2.12. The van der Waals surface area contributed by atoms with E-state index in [1.54, 1.807) is 12.1 Å². The molecule has 2 heterocycles. The Labute approximate surface area is 147 Å². The molecule has 1 aliphatic carbocycles. The zero-order chi connectivity index (χ0) is 17.4. The fourth-order valence-electron chi connectivity index (χ4n) is 3.90. The summed E-state index contributed by atoms with van der Waals surface area (Å²) in [7, 11) is 0. The number of hydrogen-bond acceptors (Lipinski definition) is 5. The fourth-order valence-corrected chi connectivity index (χ4v) is 3.90. The quantitative estimate of drug-likeness (QED) is 0.925. The number of rotatable bonds is 4. The monoisotopic (exact) mass is 337 g/mol. The van der Waals surface area contributed by atoms with E-state index in [2.05, 4.69) is 32.9 Å². The Hall–Kier alpha value is -2.23. The normalized spacial score (nSPS) is 24.2. The largest absolute Gasteiger partial charge is 0.387 e. The van der Waals surface area contributed by atoms with Crippen molar-refractivity contribution in [1.82, 2.24) is 19.9 Å². The van der Waals surface area contributed by atoms with Gasteiger partial charge < -0.3 is 5.11 Å². The van der Waals surface area contributed by atoms with Gasteiger partial charge >= 0.3 is 0 Å². The first-order valence-electron chi connectivity index (χ1n) is 8.97. The molecule has 0 bridgehead atoms. The van der Waals surface area contributed by atoms with Crippen LogP contribution in [-0.4, -0.2) is 38.1 Å². The first-order valence-corrected chi connectivity index (χ1v) is 8.97. The van der Waals surface area contributed by atoms with Crippen molar-refractivity contribution >= 4 is 0 Å². The number of nitriles is 1. The van der Waals surface area contributed by atoms with E-state index in [0.717, 1.165) is 36.7 Å². The van der Waals surface area contributed by atoms with Gasteiger partial charge in [-0.2, -0.15) is 5.26 Å². The lowest BCUT2D eigenvalue weighted by Gasteiger charge is -2.35. The van der Waals surface area contributed by atoms with E-state index < -0.39 is 6.10 Å². The van der Waals surface area contributed by atoms with E-state index in [4.69, 9.17) is 5.26 Å². The first kappa shape index (κ1) is 16.2. The van der Waals surface area contributed by atoms with Crippen LogP contribution in [0.1, 0.15) is 54.4 Å². The highest BCUT2D eigenvalue weighted by atomic mass is 16.3. The van der Waals surface area contributed by atoms with Crippen LogP contribution in [0.25, 0.3) is 0 Å². The first-order chi connectivity index (χ1) is 12.1. The Balaban J connectivity index is 1.43. The number of benzene rings is 1. The van der Waals surface area contributed by atoms with Crippen molar-refractivity contribution in [2.45, 2.75) is 44.9 Å². The number of nitrogens with zero attached hydrogens (tertiary/aromatic N) is 5. The van der Waals surface area contributed by atoms with Crippen molar-refractivity contribution in [3.8, 4) is 6.07 Å². The Morgan fingerprint density at radius 2 is 2.08 bits per heavy atom. The SMILES string of the molecule is CC1CC(n2nnc3c2CN(CC(O)c2ccc(C#N)cc2)CC3)C1. The van der Waals surface area contributed by atoms with Crippen LogP contribution in [0.15, 0.2) is 24.3 Å². The van der Waals surface area contributed by atoms with Crippen LogP contribution in [0, 0.1) is 17.2 Å². The Kier molecular flexibility index (Phi) is 4.28. The Morgan fingerprint density at radius 1 is 1.32 bits per heavy atom. The predicted molar refractivity (Wildman–Crippen MR) is 92.6 cm³/mol. The Bertz CT molecular complexity index is 785. The molecule has 6 nitrogen and oxygen atoms in total. The van der Waals surface area contributed by atoms with Gasteiger partial charge in [-0.05, 0) is 36.5 Å². The second-order valence-electron chi connectivity index (χ2n) is 7.39. The number of aromatic nitrogens is 3. The van der Waals surface area contributed by atoms with E-state index in [1.165, 1.54) is 18.5 Å². The lowest BCUT2D eigenvalue weighted by molar-refractivity contribution is 0.101. The average molecular weight is 337 g/mol. The van der Waals surface area contributed by atoms with Crippen LogP contribution < -0.4 is 0 Å². The molecule has 1 aliphatic heterocycles. The van der Waals surface area contributed by atoms with E-state index in [0.29, 0.717) is 18.2 Å². The van der Waals surface area contributed by atoms with Crippen molar-refractivity contribution in [2.24, 2.45) is 5.92 Å². The molecule has 4 rings (SSSR count). The van der Waals surface area contributed by atoms with E-state index in [1.807, 2.05) is 12.1 Å². The van der Waals surface area contributed by atoms with Gasteiger partial charge in [0.05, 0.1) is 35.2 Å². The van der Waals surface area contributed by atoms with Crippen LogP contribution in [-0.2, 0) is 13.0 Å². The lowest BCUT2D eigenvalue weighted by Crippen LogP contribution is -2.36. The average Bonchev–Trinajstić information content (AvgIpc) is 3.02. The summed E-state index contributed by atoms with van der Waals surface area (Å²) in [6.07, 6.45) is 2.70. The van der Waals surface area contributed by atoms with Crippen LogP contribution in [0.5, 0.6) is 0 Å². The minimum absolute atomic E-state index is 0.495. The van der Waals surface area contributed by atoms with Gasteiger partial charge in [0.2, 0.25) is 0 Å². The lowest BCUT2D eigenvalue weighted by atomic mass is 9.82. The molecule has 0 spiro atoms. The molecule has 1 aromatic heterocycles. The fraction of sp³-hybridized carbons (Fsp3) is 0.526. The van der Waals surface area contributed by atoms with Gasteiger partial charge in [-0.15, -0.1) is 5.10 Å². The smallest absolute Gasteiger partial charge is 0.0991 e. The topological polar surface area (TPSA) is 78.0 Å². The Morgan fingerprint density at radius 3 is 2.76 bits per heavy atom. The van der Waals surface area contributed by atoms with Gasteiger partial charge in [-0.25, -0.2) is 4.68 Å². The molecule has 130 valence electrons. The van der Waals surface area contributed by atoms with Gasteiger partial charge in [0, 0.05) is 26.1 Å². The van der Waals surface area contributed by atoms with Crippen molar-refractivity contribution in [1.29, 1.82) is 5.26 Å². The second kappa shape index (κ2) is 6.58. The van der Waals surface area contributed by atoms with Gasteiger partial charge in [0.1, 0.15) is 0 Å². The molecule has 0 radical (unpaired) electrons. The maximum Gasteiger partial charge on any atom is 0.0991 e. The van der Waals surface area contributed by atoms with Gasteiger partial charge in [-0.3, -0.25) is 4.90 Å². The minimum atomic E-state index is -0.553. The van der Waals surface area contributed by atoms with Crippen LogP contribution >= 0.6 is 0 Å². The van der Waals surface area contributed by atoms with Crippen molar-refractivity contribution in [2.75, 3.05) is 13.1 Å². The van der Waals surface area contributed by atoms with Gasteiger partial charge in [0.15, 0.2) is 0 Å². The summed E-state index contributed by atoms with van der Waals surface area (Å²) in [5, 5.41) is 28.2. The number of aliphatic hydroxyl groups is 1. The van der Waals surface area contributed by atoms with E-state index in [-0.39, 0.29) is 0 Å². The molecule has 1 atom stereocenters. The summed E-state index contributed by atoms with van der Waals surface area (Å²) in [5.74, 6) is 0.780. The number of fused-ring (bicyclic) bond motifs is 1. The summed E-state index contributed by atoms with van der Waals surface area (Å²) in [6, 6.07) is 9.77. The van der Waals surface area contributed by atoms with Crippen LogP contribution in [0.2, 0.25) is 0 Å². The molecule has 1 aromatic carbocycles. The molecule has 0 saturated heterocycles. The van der Waals surface area contributed by atoms with Crippen molar-refractivity contribution in [3.05, 3.63) is 46.8 Å². The molecular weight excluding hydrogens is 314 g/mol. The molecule has 1 N–H and O–H groups in total. The number of β-amino-alcohol motifs (C(OH)–C–C–N with tert-alkyl or cyclic N) is 1. The zero-order valence-corrected chi connectivity index (χ0v) is 14.5. The minimum Gasteiger partial charge on any atom is -0.387 e. The molecule has 1 fully saturated rings. The maximum absolute atomic E-state index is 10.5. The van der Waals surface area contributed by atoms with Crippen molar-refractivity contribution in [3.63, 3.8) is 0 Å². The number of hydrogen-bond donors (Lipinski definition) is 1. The summed E-state index contributed by atoms with van der Waals surface area (Å²) in [5.41, 5.74) is 3.80. The zero-order valence-electron chi connectivity index (χ0n) is 14.5. The highest BCUT2D eigenvalue weighted by Gasteiger charge is 2.32. The molecule has 2 aromatic rings. The number of aliphatic hydroxyl groups excluding tert-OH is 1. The summed E-state index contributed by atoms with van der Waals surface area (Å²) in [6.45, 7) is 4.54. The van der Waals surface area contributed by atoms with E-state index >= 15 is 0 Å². The van der Waals surface area contributed by atoms with E-state index in [9.17, 15) is 5.11 Å². The van der Waals surface area contributed by atoms with Crippen LogP contribution in [0.4, 0.5) is 0 Å². The molecule has 6 heteroatoms. The molecule has 2 aliphatic rings. The molecule has 25 heavy (non-hydrogen) atoms. The summed E-state index contributed by atoms with van der Waals surface area (Å²) in [4.78, 5) is 2.27. The third kappa shape index (κ3) is 3.17. The van der Waals surface area contributed by atoms with Gasteiger partial charge in [0.25, 0.3) is 0 Å². The molecule has 1 saturated carbocycles. The molecule has 1 unspecified atom stereocenters. The molecular formula is C19H23N5O. The van der Waals surface area contributed by atoms with Gasteiger partial charge in [-0.1, -0.05) is 24.3 Å². The standard InChI is InChI=1S/C19H23N5O/c1-13-8-16(9-13)24-18-11-23(7-6-17(18)21-22-24)12-19(25)15-4-2-14(10-20)3-5-15/h2-5,13,16,19,25H,6-9,11-12H2,1H3. The summed E-state index contributed by atoms with van der Waals surface area (Å²) >= 11 is 0. The second-order valence-corrected chi connectivity index (χ2v) is 7.39. The van der Waals surface area contributed by atoms with Crippen molar-refractivity contribution < 1.29 is 5.11 Å². The maximum atomic E-state index is 10.5. The third-order valence-corrected chi connectivity index (χ3v) is 5.46. The highest BCUT2D eigenvalue weighted by Crippen LogP contribution is 2.38. The highest BCUT2D eigenvalue weighted by molar-refractivity contribution is 5.32. The third-order valence-electron chi connectivity index (χ3n) is 5.46. The van der Waals surface area contributed by atoms with Crippen LogP contribution in [0.3, 0.4) is 0 Å². The molecule has 0 amide bonds. The predicted octanol–water partition coefficient (Wildman–Crippen LogP) is 2.21.